The molecule has 1 nitrogen and oxygen atoms in total. The van der Waals surface area contributed by atoms with Crippen molar-refractivity contribution in [3.05, 3.63) is 64.4 Å². The fourth-order valence-corrected chi connectivity index (χ4v) is 1.97. The van der Waals surface area contributed by atoms with E-state index >= 15 is 0 Å². The molecule has 0 bridgehead atoms. The molecule has 2 aromatic rings. The number of anilines is 1. The van der Waals surface area contributed by atoms with E-state index in [9.17, 15) is 4.39 Å². The highest BCUT2D eigenvalue weighted by Gasteiger charge is 2.06. The van der Waals surface area contributed by atoms with Crippen LogP contribution in [0.2, 0.25) is 0 Å². The van der Waals surface area contributed by atoms with Gasteiger partial charge in [-0.05, 0) is 29.8 Å². The summed E-state index contributed by atoms with van der Waals surface area (Å²) in [7, 11) is 1.89. The van der Waals surface area contributed by atoms with Gasteiger partial charge in [0.2, 0.25) is 0 Å². The molecule has 88 valence electrons. The monoisotopic (exact) mass is 293 g/mol. The molecule has 0 N–H and O–H groups in total. The first-order chi connectivity index (χ1) is 8.16. The number of hydrogen-bond donors (Lipinski definition) is 0. The zero-order valence-corrected chi connectivity index (χ0v) is 11.1. The van der Waals surface area contributed by atoms with E-state index in [0.29, 0.717) is 12.2 Å². The maximum Gasteiger partial charge on any atom is 0.146 e. The van der Waals surface area contributed by atoms with Gasteiger partial charge in [0.15, 0.2) is 0 Å². The minimum absolute atomic E-state index is 0.188. The summed E-state index contributed by atoms with van der Waals surface area (Å²) in [4.78, 5) is 1.90. The third-order valence-corrected chi connectivity index (χ3v) is 3.13. The SMILES string of the molecule is CN(Cc1ccc(Br)cc1)c1ccccc1F. The predicted octanol–water partition coefficient (Wildman–Crippen LogP) is 4.22. The van der Waals surface area contributed by atoms with Crippen LogP contribution in [-0.4, -0.2) is 7.05 Å². The number of para-hydroxylation sites is 1. The van der Waals surface area contributed by atoms with Gasteiger partial charge < -0.3 is 4.90 Å². The molecular weight excluding hydrogens is 281 g/mol. The maximum absolute atomic E-state index is 13.6. The normalized spacial score (nSPS) is 10.3. The van der Waals surface area contributed by atoms with Gasteiger partial charge in [0.05, 0.1) is 5.69 Å². The summed E-state index contributed by atoms with van der Waals surface area (Å²) in [6.45, 7) is 0.689. The molecule has 0 atom stereocenters. The molecule has 2 rings (SSSR count). The van der Waals surface area contributed by atoms with Gasteiger partial charge in [0, 0.05) is 18.1 Å². The van der Waals surface area contributed by atoms with Crippen molar-refractivity contribution in [1.82, 2.24) is 0 Å². The van der Waals surface area contributed by atoms with E-state index in [0.717, 1.165) is 10.0 Å². The van der Waals surface area contributed by atoms with E-state index in [-0.39, 0.29) is 5.82 Å². The van der Waals surface area contributed by atoms with Crippen molar-refractivity contribution in [2.75, 3.05) is 11.9 Å². The van der Waals surface area contributed by atoms with E-state index in [4.69, 9.17) is 0 Å². The Morgan fingerprint density at radius 1 is 1.06 bits per heavy atom. The van der Waals surface area contributed by atoms with E-state index in [1.807, 2.05) is 42.3 Å². The van der Waals surface area contributed by atoms with Crippen LogP contribution >= 0.6 is 15.9 Å². The molecule has 0 aliphatic rings. The van der Waals surface area contributed by atoms with Gasteiger partial charge in [-0.25, -0.2) is 4.39 Å². The molecule has 0 fully saturated rings. The molecule has 0 aliphatic carbocycles. The van der Waals surface area contributed by atoms with Gasteiger partial charge >= 0.3 is 0 Å². The molecular formula is C14H13BrFN. The van der Waals surface area contributed by atoms with Crippen LogP contribution in [0.25, 0.3) is 0 Å². The summed E-state index contributed by atoms with van der Waals surface area (Å²) in [6.07, 6.45) is 0. The Kier molecular flexibility index (Phi) is 3.79. The zero-order valence-electron chi connectivity index (χ0n) is 9.53. The maximum atomic E-state index is 13.6. The molecule has 3 heteroatoms. The molecule has 0 unspecified atom stereocenters. The molecule has 2 aromatic carbocycles. The number of halogens is 2. The third kappa shape index (κ3) is 3.07. The summed E-state index contributed by atoms with van der Waals surface area (Å²) in [5, 5.41) is 0. The van der Waals surface area contributed by atoms with E-state index in [1.54, 1.807) is 12.1 Å². The van der Waals surface area contributed by atoms with Crippen LogP contribution in [0.15, 0.2) is 53.0 Å². The zero-order chi connectivity index (χ0) is 12.3. The van der Waals surface area contributed by atoms with Gasteiger partial charge in [-0.15, -0.1) is 0 Å². The van der Waals surface area contributed by atoms with Gasteiger partial charge in [0.1, 0.15) is 5.82 Å². The molecule has 0 aliphatic heterocycles. The van der Waals surface area contributed by atoms with Crippen LogP contribution < -0.4 is 4.90 Å². The van der Waals surface area contributed by atoms with Crippen molar-refractivity contribution in [2.45, 2.75) is 6.54 Å². The summed E-state index contributed by atoms with van der Waals surface area (Å²) in [5.41, 5.74) is 1.77. The minimum Gasteiger partial charge on any atom is -0.368 e. The average Bonchev–Trinajstić information content (AvgIpc) is 2.32. The van der Waals surface area contributed by atoms with Crippen LogP contribution in [0.1, 0.15) is 5.56 Å². The number of nitrogens with zero attached hydrogens (tertiary/aromatic N) is 1. The molecule has 0 radical (unpaired) electrons. The Morgan fingerprint density at radius 2 is 1.71 bits per heavy atom. The van der Waals surface area contributed by atoms with E-state index in [2.05, 4.69) is 15.9 Å². The summed E-state index contributed by atoms with van der Waals surface area (Å²) >= 11 is 3.39. The lowest BCUT2D eigenvalue weighted by atomic mass is 10.2. The molecule has 0 saturated heterocycles. The van der Waals surface area contributed by atoms with Crippen molar-refractivity contribution in [2.24, 2.45) is 0 Å². The second-order valence-electron chi connectivity index (χ2n) is 3.93. The second kappa shape index (κ2) is 5.32. The Hall–Kier alpha value is -1.35. The highest BCUT2D eigenvalue weighted by Crippen LogP contribution is 2.20. The first-order valence-corrected chi connectivity index (χ1v) is 6.16. The molecule has 0 amide bonds. The topological polar surface area (TPSA) is 3.24 Å². The summed E-state index contributed by atoms with van der Waals surface area (Å²) in [5.74, 6) is -0.188. The van der Waals surface area contributed by atoms with Crippen molar-refractivity contribution in [3.8, 4) is 0 Å². The van der Waals surface area contributed by atoms with Crippen molar-refractivity contribution in [3.63, 3.8) is 0 Å². The lowest BCUT2D eigenvalue weighted by molar-refractivity contribution is 0.622. The molecule has 17 heavy (non-hydrogen) atoms. The fourth-order valence-electron chi connectivity index (χ4n) is 1.71. The Morgan fingerprint density at radius 3 is 2.35 bits per heavy atom. The third-order valence-electron chi connectivity index (χ3n) is 2.60. The van der Waals surface area contributed by atoms with Crippen LogP contribution in [0.4, 0.5) is 10.1 Å². The molecule has 0 saturated carbocycles. The number of rotatable bonds is 3. The molecule has 0 spiro atoms. The lowest BCUT2D eigenvalue weighted by Crippen LogP contribution is -2.17. The molecule has 0 heterocycles. The predicted molar refractivity (Wildman–Crippen MR) is 72.6 cm³/mol. The Balaban J connectivity index is 2.14. The highest BCUT2D eigenvalue weighted by atomic mass is 79.9. The standard InChI is InChI=1S/C14H13BrFN/c1-17(14-5-3-2-4-13(14)16)10-11-6-8-12(15)9-7-11/h2-9H,10H2,1H3. The quantitative estimate of drug-likeness (QED) is 0.819. The fraction of sp³-hybridized carbons (Fsp3) is 0.143. The highest BCUT2D eigenvalue weighted by molar-refractivity contribution is 9.10. The summed E-state index contributed by atoms with van der Waals surface area (Å²) in [6, 6.07) is 14.8. The first kappa shape index (κ1) is 12.1. The summed E-state index contributed by atoms with van der Waals surface area (Å²) < 4.78 is 14.6. The van der Waals surface area contributed by atoms with Gasteiger partial charge in [-0.1, -0.05) is 40.2 Å². The van der Waals surface area contributed by atoms with E-state index in [1.165, 1.54) is 6.07 Å². The van der Waals surface area contributed by atoms with Crippen molar-refractivity contribution >= 4 is 21.6 Å². The minimum atomic E-state index is -0.188. The van der Waals surface area contributed by atoms with Gasteiger partial charge in [0.25, 0.3) is 0 Å². The van der Waals surface area contributed by atoms with Crippen molar-refractivity contribution < 1.29 is 4.39 Å². The van der Waals surface area contributed by atoms with Gasteiger partial charge in [-0.2, -0.15) is 0 Å². The largest absolute Gasteiger partial charge is 0.368 e. The van der Waals surface area contributed by atoms with E-state index < -0.39 is 0 Å². The van der Waals surface area contributed by atoms with Crippen LogP contribution in [-0.2, 0) is 6.54 Å². The van der Waals surface area contributed by atoms with Gasteiger partial charge in [-0.3, -0.25) is 0 Å². The van der Waals surface area contributed by atoms with Crippen LogP contribution in [0.5, 0.6) is 0 Å². The van der Waals surface area contributed by atoms with Crippen LogP contribution in [0, 0.1) is 5.82 Å². The Labute approximate surface area is 109 Å². The average molecular weight is 294 g/mol. The first-order valence-electron chi connectivity index (χ1n) is 5.37. The Bertz CT molecular complexity index is 496. The van der Waals surface area contributed by atoms with Crippen molar-refractivity contribution in [1.29, 1.82) is 0 Å². The van der Waals surface area contributed by atoms with Crippen LogP contribution in [0.3, 0.4) is 0 Å². The lowest BCUT2D eigenvalue weighted by Gasteiger charge is -2.19. The smallest absolute Gasteiger partial charge is 0.146 e. The second-order valence-corrected chi connectivity index (χ2v) is 4.85. The number of hydrogen-bond acceptors (Lipinski definition) is 1. The molecule has 0 aromatic heterocycles. The number of benzene rings is 2.